The molecule has 0 unspecified atom stereocenters. The molecule has 2 N–H and O–H groups in total. The fourth-order valence-electron chi connectivity index (χ4n) is 2.11. The zero-order valence-corrected chi connectivity index (χ0v) is 12.3. The number of methoxy groups -OCH3 is 1. The first-order valence-corrected chi connectivity index (χ1v) is 6.95. The minimum absolute atomic E-state index is 0.0565. The van der Waals surface area contributed by atoms with Crippen molar-refractivity contribution < 1.29 is 14.9 Å². The Hall–Kier alpha value is -0.420. The van der Waals surface area contributed by atoms with Crippen molar-refractivity contribution in [3.05, 3.63) is 34.3 Å². The Morgan fingerprint density at radius 2 is 1.83 bits per heavy atom. The largest absolute Gasteiger partial charge is 0.395 e. The second-order valence-corrected chi connectivity index (χ2v) is 5.38. The van der Waals surface area contributed by atoms with Crippen LogP contribution in [0.25, 0.3) is 0 Å². The number of hydrogen-bond donors (Lipinski definition) is 2. The maximum atomic E-state index is 9.70. The Morgan fingerprint density at radius 1 is 1.17 bits per heavy atom. The van der Waals surface area contributed by atoms with Crippen LogP contribution in [0.5, 0.6) is 0 Å². The van der Waals surface area contributed by atoms with Crippen molar-refractivity contribution in [3.63, 3.8) is 0 Å². The Labute approximate surface area is 117 Å². The molecule has 0 fully saturated rings. The van der Waals surface area contributed by atoms with Gasteiger partial charge in [0.25, 0.3) is 0 Å². The van der Waals surface area contributed by atoms with Gasteiger partial charge in [0.1, 0.15) is 0 Å². The molecule has 0 aliphatic heterocycles. The van der Waals surface area contributed by atoms with E-state index in [2.05, 4.69) is 15.9 Å². The van der Waals surface area contributed by atoms with Crippen LogP contribution in [-0.2, 0) is 10.2 Å². The summed E-state index contributed by atoms with van der Waals surface area (Å²) in [7, 11) is 1.68. The van der Waals surface area contributed by atoms with E-state index in [1.165, 1.54) is 0 Å². The number of unbranched alkanes of at least 4 members (excludes halogenated alkanes) is 1. The number of aliphatic hydroxyl groups excluding tert-OH is 2. The highest BCUT2D eigenvalue weighted by molar-refractivity contribution is 9.10. The average Bonchev–Trinajstić information content (AvgIpc) is 2.41. The van der Waals surface area contributed by atoms with Gasteiger partial charge in [0.05, 0.1) is 13.2 Å². The highest BCUT2D eigenvalue weighted by atomic mass is 79.9. The zero-order valence-electron chi connectivity index (χ0n) is 10.7. The molecule has 1 aromatic rings. The molecule has 102 valence electrons. The number of aliphatic hydroxyl groups is 2. The monoisotopic (exact) mass is 316 g/mol. The fourth-order valence-corrected chi connectivity index (χ4v) is 2.82. The lowest BCUT2D eigenvalue weighted by molar-refractivity contribution is 0.103. The summed E-state index contributed by atoms with van der Waals surface area (Å²) < 4.78 is 5.95. The summed E-state index contributed by atoms with van der Waals surface area (Å²) in [5.41, 5.74) is 0.390. The quantitative estimate of drug-likeness (QED) is 0.724. The minimum atomic E-state index is -0.576. The van der Waals surface area contributed by atoms with E-state index < -0.39 is 5.41 Å². The number of rotatable bonds is 8. The Bertz CT molecular complexity index is 351. The Morgan fingerprint density at radius 3 is 2.39 bits per heavy atom. The van der Waals surface area contributed by atoms with Crippen molar-refractivity contribution in [2.75, 3.05) is 26.9 Å². The molecule has 0 spiro atoms. The average molecular weight is 317 g/mol. The van der Waals surface area contributed by atoms with Gasteiger partial charge in [0.15, 0.2) is 0 Å². The van der Waals surface area contributed by atoms with Gasteiger partial charge in [-0.25, -0.2) is 0 Å². The van der Waals surface area contributed by atoms with Crippen LogP contribution in [-0.4, -0.2) is 37.1 Å². The van der Waals surface area contributed by atoms with Gasteiger partial charge >= 0.3 is 0 Å². The number of benzene rings is 1. The molecule has 0 heterocycles. The molecule has 4 heteroatoms. The lowest BCUT2D eigenvalue weighted by Crippen LogP contribution is -2.35. The first-order valence-electron chi connectivity index (χ1n) is 6.16. The second kappa shape index (κ2) is 7.89. The highest BCUT2D eigenvalue weighted by Crippen LogP contribution is 2.34. The van der Waals surface area contributed by atoms with Gasteiger partial charge in [-0.3, -0.25) is 0 Å². The lowest BCUT2D eigenvalue weighted by atomic mass is 9.77. The summed E-state index contributed by atoms with van der Waals surface area (Å²) >= 11 is 3.49. The molecule has 0 radical (unpaired) electrons. The molecule has 0 amide bonds. The van der Waals surface area contributed by atoms with Crippen LogP contribution < -0.4 is 0 Å². The summed E-state index contributed by atoms with van der Waals surface area (Å²) in [4.78, 5) is 0. The van der Waals surface area contributed by atoms with Gasteiger partial charge in [-0.2, -0.15) is 0 Å². The van der Waals surface area contributed by atoms with Gasteiger partial charge in [-0.1, -0.05) is 40.5 Å². The maximum absolute atomic E-state index is 9.70. The molecule has 0 aliphatic carbocycles. The molecule has 3 nitrogen and oxygen atoms in total. The number of halogens is 1. The maximum Gasteiger partial charge on any atom is 0.0550 e. The third-order valence-corrected chi connectivity index (χ3v) is 4.00. The van der Waals surface area contributed by atoms with Gasteiger partial charge < -0.3 is 14.9 Å². The van der Waals surface area contributed by atoms with Crippen LogP contribution >= 0.6 is 15.9 Å². The molecular weight excluding hydrogens is 296 g/mol. The van der Waals surface area contributed by atoms with Crippen LogP contribution in [0, 0.1) is 0 Å². The molecule has 18 heavy (non-hydrogen) atoms. The van der Waals surface area contributed by atoms with E-state index in [4.69, 9.17) is 4.74 Å². The van der Waals surface area contributed by atoms with Crippen molar-refractivity contribution in [2.24, 2.45) is 0 Å². The summed E-state index contributed by atoms with van der Waals surface area (Å²) in [6.45, 7) is 0.598. The van der Waals surface area contributed by atoms with Crippen LogP contribution in [0.3, 0.4) is 0 Å². The van der Waals surface area contributed by atoms with Crippen LogP contribution in [0.15, 0.2) is 28.7 Å². The van der Waals surface area contributed by atoms with Crippen molar-refractivity contribution in [3.8, 4) is 0 Å². The van der Waals surface area contributed by atoms with Crippen molar-refractivity contribution in [1.29, 1.82) is 0 Å². The summed E-state index contributed by atoms with van der Waals surface area (Å²) in [5, 5.41) is 19.4. The first-order chi connectivity index (χ1) is 8.70. The highest BCUT2D eigenvalue weighted by Gasteiger charge is 2.32. The third kappa shape index (κ3) is 3.79. The molecule has 0 saturated heterocycles. The Balaban J connectivity index is 2.83. The molecule has 0 saturated carbocycles. The molecule has 0 aromatic heterocycles. The predicted octanol–water partition coefficient (Wildman–Crippen LogP) is 2.49. The van der Waals surface area contributed by atoms with Gasteiger partial charge in [-0.15, -0.1) is 0 Å². The lowest BCUT2D eigenvalue weighted by Gasteiger charge is -2.31. The van der Waals surface area contributed by atoms with E-state index in [9.17, 15) is 10.2 Å². The molecule has 1 aromatic carbocycles. The van der Waals surface area contributed by atoms with Crippen molar-refractivity contribution in [1.82, 2.24) is 0 Å². The Kier molecular flexibility index (Phi) is 6.86. The molecule has 1 rings (SSSR count). The fraction of sp³-hybridized carbons (Fsp3) is 0.571. The molecule has 0 atom stereocenters. The molecule has 0 aliphatic rings. The van der Waals surface area contributed by atoms with Crippen LogP contribution in [0.4, 0.5) is 0 Å². The summed E-state index contributed by atoms with van der Waals surface area (Å²) in [6.07, 6.45) is 2.59. The third-order valence-electron chi connectivity index (χ3n) is 3.30. The van der Waals surface area contributed by atoms with Crippen LogP contribution in [0.1, 0.15) is 24.8 Å². The van der Waals surface area contributed by atoms with Crippen molar-refractivity contribution >= 4 is 15.9 Å². The topological polar surface area (TPSA) is 49.7 Å². The number of ether oxygens (including phenoxy) is 1. The van der Waals surface area contributed by atoms with Gasteiger partial charge in [0.2, 0.25) is 0 Å². The van der Waals surface area contributed by atoms with Gasteiger partial charge in [0, 0.05) is 23.6 Å². The first kappa shape index (κ1) is 15.6. The normalized spacial score (nSPS) is 11.8. The van der Waals surface area contributed by atoms with E-state index in [0.29, 0.717) is 6.61 Å². The number of hydrogen-bond acceptors (Lipinski definition) is 3. The predicted molar refractivity (Wildman–Crippen MR) is 75.7 cm³/mol. The minimum Gasteiger partial charge on any atom is -0.395 e. The van der Waals surface area contributed by atoms with Gasteiger partial charge in [-0.05, 0) is 24.5 Å². The van der Waals surface area contributed by atoms with E-state index in [0.717, 1.165) is 29.3 Å². The zero-order chi connectivity index (χ0) is 13.4. The smallest absolute Gasteiger partial charge is 0.0550 e. The molecular formula is C14H21BrO3. The summed E-state index contributed by atoms with van der Waals surface area (Å²) in [5.74, 6) is 0. The summed E-state index contributed by atoms with van der Waals surface area (Å²) in [6, 6.07) is 7.74. The van der Waals surface area contributed by atoms with E-state index >= 15 is 0 Å². The van der Waals surface area contributed by atoms with E-state index in [1.807, 2.05) is 24.3 Å². The van der Waals surface area contributed by atoms with E-state index in [-0.39, 0.29) is 13.2 Å². The second-order valence-electron chi connectivity index (χ2n) is 4.53. The standard InChI is InChI=1S/C14H21BrO3/c1-18-9-5-4-8-14(10-16,11-17)12-6-2-3-7-13(12)15/h2-3,6-7,16-17H,4-5,8-11H2,1H3. The van der Waals surface area contributed by atoms with Crippen molar-refractivity contribution in [2.45, 2.75) is 24.7 Å². The SMILES string of the molecule is COCCCCC(CO)(CO)c1ccccc1Br. The van der Waals surface area contributed by atoms with E-state index in [1.54, 1.807) is 7.11 Å². The molecule has 0 bridgehead atoms. The van der Waals surface area contributed by atoms with Crippen LogP contribution in [0.2, 0.25) is 0 Å².